The SMILES string of the molecule is Cc1nc(C(=O)NC(C)C)ccc1-c1ccc(C[C@H](NC(=O)[C@H]2CC[C@H](CNC(=O)OC(C)(C)C)CC2)C(=O)Nc2cc(Cl)c3oc(=O)[nH]c3c2)cc1. The summed E-state index contributed by atoms with van der Waals surface area (Å²) in [5.74, 6) is -1.68. The van der Waals surface area contributed by atoms with E-state index in [1.54, 1.807) is 12.1 Å². The van der Waals surface area contributed by atoms with E-state index in [0.717, 1.165) is 29.5 Å². The molecule has 282 valence electrons. The third-order valence-corrected chi connectivity index (χ3v) is 9.25. The molecule has 2 aromatic heterocycles. The first kappa shape index (κ1) is 39.0. The van der Waals surface area contributed by atoms with Crippen molar-refractivity contribution < 1.29 is 28.3 Å². The van der Waals surface area contributed by atoms with Gasteiger partial charge in [-0.2, -0.15) is 0 Å². The Balaban J connectivity index is 1.28. The Hall–Kier alpha value is -5.17. The molecular weight excluding hydrogens is 700 g/mol. The van der Waals surface area contributed by atoms with Crippen molar-refractivity contribution in [2.24, 2.45) is 11.8 Å². The molecule has 0 aliphatic heterocycles. The number of aromatic amines is 1. The van der Waals surface area contributed by atoms with Crippen LogP contribution < -0.4 is 27.0 Å². The zero-order valence-corrected chi connectivity index (χ0v) is 31.6. The molecule has 53 heavy (non-hydrogen) atoms. The number of rotatable bonds is 11. The van der Waals surface area contributed by atoms with Crippen molar-refractivity contribution in [2.45, 2.75) is 91.3 Å². The van der Waals surface area contributed by atoms with Gasteiger partial charge in [0.1, 0.15) is 17.3 Å². The molecule has 1 fully saturated rings. The van der Waals surface area contributed by atoms with Gasteiger partial charge in [0.2, 0.25) is 11.8 Å². The molecule has 5 N–H and O–H groups in total. The largest absolute Gasteiger partial charge is 0.444 e. The standard InChI is InChI=1S/C39H47ClN6O7/c1-21(2)42-35(48)30-16-15-28(22(3)43-30)25-11-7-23(8-12-25)17-32(36(49)44-27-18-29(40)33-31(19-27)46-38(51)52-33)45-34(47)26-13-9-24(10-14-26)20-41-37(50)53-39(4,5)6/h7-8,11-12,15-16,18-19,21,24,26,32H,9-10,13-14,17,20H2,1-6H3,(H,41,50)(H,42,48)(H,44,49)(H,45,47)(H,46,51)/t24-,26-,32-/m0/s1. The smallest absolute Gasteiger partial charge is 0.417 e. The minimum absolute atomic E-state index is 0.00850. The lowest BCUT2D eigenvalue weighted by Gasteiger charge is -2.29. The number of anilines is 1. The van der Waals surface area contributed by atoms with Crippen LogP contribution in [-0.2, 0) is 20.7 Å². The second-order valence-electron chi connectivity index (χ2n) is 14.9. The van der Waals surface area contributed by atoms with E-state index in [2.05, 4.69) is 31.2 Å². The summed E-state index contributed by atoms with van der Waals surface area (Å²) in [6.07, 6.45) is 2.44. The Kier molecular flexibility index (Phi) is 12.3. The summed E-state index contributed by atoms with van der Waals surface area (Å²) in [7, 11) is 0. The summed E-state index contributed by atoms with van der Waals surface area (Å²) in [4.78, 5) is 70.8. The van der Waals surface area contributed by atoms with Crippen LogP contribution in [0.15, 0.2) is 57.7 Å². The summed E-state index contributed by atoms with van der Waals surface area (Å²) in [5.41, 5.74) is 3.83. The van der Waals surface area contributed by atoms with E-state index >= 15 is 0 Å². The monoisotopic (exact) mass is 746 g/mol. The number of aryl methyl sites for hydroxylation is 1. The third kappa shape index (κ3) is 10.7. The fourth-order valence-corrected chi connectivity index (χ4v) is 6.63. The first-order valence-corrected chi connectivity index (χ1v) is 18.2. The van der Waals surface area contributed by atoms with Gasteiger partial charge in [0.15, 0.2) is 5.58 Å². The molecule has 5 rings (SSSR count). The molecule has 0 spiro atoms. The molecule has 1 atom stereocenters. The van der Waals surface area contributed by atoms with E-state index in [4.69, 9.17) is 20.8 Å². The second kappa shape index (κ2) is 16.7. The van der Waals surface area contributed by atoms with Gasteiger partial charge in [-0.1, -0.05) is 41.9 Å². The van der Waals surface area contributed by atoms with Crippen LogP contribution in [0.5, 0.6) is 0 Å². The number of benzene rings is 2. The fourth-order valence-electron chi connectivity index (χ4n) is 6.37. The predicted molar refractivity (Wildman–Crippen MR) is 203 cm³/mol. The van der Waals surface area contributed by atoms with Gasteiger partial charge < -0.3 is 30.4 Å². The lowest BCUT2D eigenvalue weighted by atomic mass is 9.81. The molecule has 14 heteroatoms. The zero-order valence-electron chi connectivity index (χ0n) is 30.9. The van der Waals surface area contributed by atoms with Gasteiger partial charge in [0.25, 0.3) is 5.91 Å². The van der Waals surface area contributed by atoms with E-state index in [1.807, 2.05) is 71.9 Å². The highest BCUT2D eigenvalue weighted by Gasteiger charge is 2.30. The number of amides is 4. The van der Waals surface area contributed by atoms with E-state index < -0.39 is 29.4 Å². The number of aromatic nitrogens is 2. The molecule has 13 nitrogen and oxygen atoms in total. The summed E-state index contributed by atoms with van der Waals surface area (Å²) in [6.45, 7) is 11.5. The average Bonchev–Trinajstić information content (AvgIpc) is 3.47. The second-order valence-corrected chi connectivity index (χ2v) is 15.3. The van der Waals surface area contributed by atoms with Gasteiger partial charge in [-0.3, -0.25) is 19.4 Å². The number of carbonyl (C=O) groups is 4. The maximum absolute atomic E-state index is 13.8. The van der Waals surface area contributed by atoms with Crippen molar-refractivity contribution in [3.05, 3.63) is 81.1 Å². The highest BCUT2D eigenvalue weighted by Crippen LogP contribution is 2.30. The van der Waals surface area contributed by atoms with Crippen LogP contribution >= 0.6 is 11.6 Å². The molecular formula is C39H47ClN6O7. The van der Waals surface area contributed by atoms with Gasteiger partial charge in [0, 0.05) is 41.9 Å². The molecule has 1 aliphatic carbocycles. The van der Waals surface area contributed by atoms with Crippen molar-refractivity contribution >= 4 is 52.2 Å². The number of hydrogen-bond acceptors (Lipinski definition) is 8. The lowest BCUT2D eigenvalue weighted by molar-refractivity contribution is -0.130. The minimum Gasteiger partial charge on any atom is -0.444 e. The third-order valence-electron chi connectivity index (χ3n) is 8.97. The summed E-state index contributed by atoms with van der Waals surface area (Å²) in [6, 6.07) is 13.2. The van der Waals surface area contributed by atoms with Gasteiger partial charge in [0.05, 0.1) is 10.5 Å². The maximum atomic E-state index is 13.8. The highest BCUT2D eigenvalue weighted by molar-refractivity contribution is 6.35. The van der Waals surface area contributed by atoms with Gasteiger partial charge >= 0.3 is 11.8 Å². The van der Waals surface area contributed by atoms with Crippen LogP contribution in [0.1, 0.15) is 82.0 Å². The van der Waals surface area contributed by atoms with E-state index in [1.165, 1.54) is 6.07 Å². The van der Waals surface area contributed by atoms with Gasteiger partial charge in [-0.05, 0) is 102 Å². The number of pyridine rings is 1. The molecule has 0 unspecified atom stereocenters. The van der Waals surface area contributed by atoms with Gasteiger partial charge in [-0.25, -0.2) is 14.6 Å². The molecule has 4 amide bonds. The summed E-state index contributed by atoms with van der Waals surface area (Å²) >= 11 is 6.33. The predicted octanol–water partition coefficient (Wildman–Crippen LogP) is 6.28. The molecule has 2 aromatic carbocycles. The number of nitrogens with zero attached hydrogens (tertiary/aromatic N) is 1. The number of halogens is 1. The first-order chi connectivity index (χ1) is 25.0. The Morgan fingerprint density at radius 1 is 1.00 bits per heavy atom. The number of oxazole rings is 1. The van der Waals surface area contributed by atoms with Crippen molar-refractivity contribution in [1.29, 1.82) is 0 Å². The zero-order chi connectivity index (χ0) is 38.4. The minimum atomic E-state index is -0.945. The normalized spacial score (nSPS) is 16.5. The van der Waals surface area contributed by atoms with Crippen LogP contribution in [0.2, 0.25) is 5.02 Å². The Bertz CT molecular complexity index is 2020. The summed E-state index contributed by atoms with van der Waals surface area (Å²) in [5, 5.41) is 11.7. The molecule has 0 radical (unpaired) electrons. The maximum Gasteiger partial charge on any atom is 0.417 e. The molecule has 1 saturated carbocycles. The van der Waals surface area contributed by atoms with E-state index in [-0.39, 0.29) is 46.7 Å². The topological polar surface area (TPSA) is 185 Å². The lowest BCUT2D eigenvalue weighted by Crippen LogP contribution is -2.48. The van der Waals surface area contributed by atoms with E-state index in [0.29, 0.717) is 42.0 Å². The van der Waals surface area contributed by atoms with E-state index in [9.17, 15) is 24.0 Å². The van der Waals surface area contributed by atoms with Gasteiger partial charge in [-0.15, -0.1) is 0 Å². The Morgan fingerprint density at radius 2 is 1.70 bits per heavy atom. The number of hydrogen-bond donors (Lipinski definition) is 5. The highest BCUT2D eigenvalue weighted by atomic mass is 35.5. The number of carbonyl (C=O) groups excluding carboxylic acids is 4. The van der Waals surface area contributed by atoms with Crippen molar-refractivity contribution in [3.8, 4) is 11.1 Å². The number of H-pyrrole nitrogens is 1. The molecule has 0 bridgehead atoms. The van der Waals surface area contributed by atoms with Crippen LogP contribution in [0.4, 0.5) is 10.5 Å². The number of alkyl carbamates (subject to hydrolysis) is 1. The van der Waals surface area contributed by atoms with Crippen molar-refractivity contribution in [2.75, 3.05) is 11.9 Å². The van der Waals surface area contributed by atoms with Crippen LogP contribution in [-0.4, -0.2) is 58.0 Å². The molecule has 4 aromatic rings. The molecule has 1 aliphatic rings. The summed E-state index contributed by atoms with van der Waals surface area (Å²) < 4.78 is 10.4. The molecule has 2 heterocycles. The van der Waals surface area contributed by atoms with Crippen LogP contribution in [0.3, 0.4) is 0 Å². The van der Waals surface area contributed by atoms with Crippen molar-refractivity contribution in [1.82, 2.24) is 25.9 Å². The molecule has 0 saturated heterocycles. The average molecular weight is 747 g/mol. The van der Waals surface area contributed by atoms with Crippen molar-refractivity contribution in [3.63, 3.8) is 0 Å². The number of ether oxygens (including phenoxy) is 1. The first-order valence-electron chi connectivity index (χ1n) is 17.8. The van der Waals surface area contributed by atoms with Crippen LogP contribution in [0, 0.1) is 18.8 Å². The Labute approximate surface area is 313 Å². The fraction of sp³-hybridized carbons (Fsp3) is 0.436. The van der Waals surface area contributed by atoms with Crippen LogP contribution in [0.25, 0.3) is 22.2 Å². The Morgan fingerprint density at radius 3 is 2.34 bits per heavy atom. The number of fused-ring (bicyclic) bond motifs is 1. The number of nitrogens with one attached hydrogen (secondary N) is 5. The quantitative estimate of drug-likeness (QED) is 0.119.